The summed E-state index contributed by atoms with van der Waals surface area (Å²) in [4.78, 5) is 12.3. The zero-order valence-electron chi connectivity index (χ0n) is 10.5. The summed E-state index contributed by atoms with van der Waals surface area (Å²) in [6.45, 7) is 4.28. The van der Waals surface area contributed by atoms with E-state index in [-0.39, 0.29) is 5.78 Å². The Morgan fingerprint density at radius 2 is 1.72 bits per heavy atom. The molecule has 0 atom stereocenters. The minimum atomic E-state index is 0.0535. The third-order valence-corrected chi connectivity index (χ3v) is 3.60. The van der Waals surface area contributed by atoms with E-state index in [1.807, 2.05) is 48.5 Å². The van der Waals surface area contributed by atoms with Gasteiger partial charge in [-0.3, -0.25) is 4.79 Å². The highest BCUT2D eigenvalue weighted by Gasteiger charge is 2.13. The number of benzene rings is 2. The smallest absolute Gasteiger partial charge is 0.194 e. The molecular formula is C16H15BrO. The first-order chi connectivity index (χ1) is 8.59. The predicted octanol–water partition coefficient (Wildman–Crippen LogP) is 4.80. The third-order valence-electron chi connectivity index (χ3n) is 2.94. The summed E-state index contributed by atoms with van der Waals surface area (Å²) in [7, 11) is 0. The van der Waals surface area contributed by atoms with Crippen molar-refractivity contribution in [3.05, 3.63) is 69.7 Å². The van der Waals surface area contributed by atoms with Gasteiger partial charge in [-0.05, 0) is 23.6 Å². The van der Waals surface area contributed by atoms with Gasteiger partial charge in [-0.2, -0.15) is 0 Å². The predicted molar refractivity (Wildman–Crippen MR) is 78.1 cm³/mol. The van der Waals surface area contributed by atoms with Crippen LogP contribution in [0.3, 0.4) is 0 Å². The van der Waals surface area contributed by atoms with Crippen LogP contribution in [-0.2, 0) is 0 Å². The molecule has 0 N–H and O–H groups in total. The van der Waals surface area contributed by atoms with Gasteiger partial charge in [-0.25, -0.2) is 0 Å². The Balaban J connectivity index is 2.38. The van der Waals surface area contributed by atoms with Crippen LogP contribution in [-0.4, -0.2) is 5.78 Å². The van der Waals surface area contributed by atoms with Gasteiger partial charge in [0.15, 0.2) is 5.78 Å². The molecule has 0 unspecified atom stereocenters. The van der Waals surface area contributed by atoms with Crippen LogP contribution in [0.1, 0.15) is 41.3 Å². The molecule has 18 heavy (non-hydrogen) atoms. The number of carbonyl (C=O) groups excluding carboxylic acids is 1. The van der Waals surface area contributed by atoms with E-state index in [1.54, 1.807) is 0 Å². The highest BCUT2D eigenvalue weighted by atomic mass is 79.9. The lowest BCUT2D eigenvalue weighted by molar-refractivity contribution is 0.103. The van der Waals surface area contributed by atoms with Crippen molar-refractivity contribution in [2.75, 3.05) is 0 Å². The molecule has 0 aliphatic carbocycles. The number of carbonyl (C=O) groups is 1. The molecule has 0 radical (unpaired) electrons. The maximum absolute atomic E-state index is 12.3. The number of ketones is 1. The van der Waals surface area contributed by atoms with E-state index in [0.717, 1.165) is 10.0 Å². The van der Waals surface area contributed by atoms with Gasteiger partial charge in [-0.1, -0.05) is 66.2 Å². The maximum atomic E-state index is 12.3. The van der Waals surface area contributed by atoms with Crippen LogP contribution < -0.4 is 0 Å². The normalized spacial score (nSPS) is 10.7. The molecule has 0 amide bonds. The van der Waals surface area contributed by atoms with Crippen LogP contribution in [0.5, 0.6) is 0 Å². The Kier molecular flexibility index (Phi) is 3.97. The number of hydrogen-bond donors (Lipinski definition) is 0. The maximum Gasteiger partial charge on any atom is 0.194 e. The number of rotatable bonds is 3. The van der Waals surface area contributed by atoms with E-state index in [0.29, 0.717) is 11.5 Å². The third kappa shape index (κ3) is 2.70. The zero-order chi connectivity index (χ0) is 13.1. The summed E-state index contributed by atoms with van der Waals surface area (Å²) in [5.74, 6) is 0.514. The summed E-state index contributed by atoms with van der Waals surface area (Å²) in [6, 6.07) is 15.3. The minimum absolute atomic E-state index is 0.0535. The first kappa shape index (κ1) is 13.0. The van der Waals surface area contributed by atoms with Crippen LogP contribution in [0, 0.1) is 0 Å². The Hall–Kier alpha value is -1.41. The molecule has 2 aromatic rings. The second-order valence-corrected chi connectivity index (χ2v) is 5.44. The van der Waals surface area contributed by atoms with Crippen molar-refractivity contribution in [3.8, 4) is 0 Å². The summed E-state index contributed by atoms with van der Waals surface area (Å²) >= 11 is 3.49. The van der Waals surface area contributed by atoms with Gasteiger partial charge in [0.05, 0.1) is 0 Å². The van der Waals surface area contributed by atoms with Gasteiger partial charge in [0.25, 0.3) is 0 Å². The fraction of sp³-hybridized carbons (Fsp3) is 0.188. The number of hydrogen-bond acceptors (Lipinski definition) is 1. The second kappa shape index (κ2) is 5.49. The Labute approximate surface area is 116 Å². The van der Waals surface area contributed by atoms with Crippen LogP contribution in [0.4, 0.5) is 0 Å². The molecule has 2 rings (SSSR count). The Morgan fingerprint density at radius 1 is 1.06 bits per heavy atom. The Morgan fingerprint density at radius 3 is 2.28 bits per heavy atom. The molecule has 0 bridgehead atoms. The molecule has 0 spiro atoms. The van der Waals surface area contributed by atoms with Crippen molar-refractivity contribution >= 4 is 21.7 Å². The molecule has 0 aliphatic heterocycles. The quantitative estimate of drug-likeness (QED) is 0.744. The average molecular weight is 303 g/mol. The van der Waals surface area contributed by atoms with Crippen molar-refractivity contribution in [1.29, 1.82) is 0 Å². The fourth-order valence-corrected chi connectivity index (χ4v) is 2.40. The van der Waals surface area contributed by atoms with E-state index in [9.17, 15) is 4.79 Å². The standard InChI is InChI=1S/C16H15BrO/c1-11(2)13-8-9-14(15(17)10-13)16(18)12-6-4-3-5-7-12/h3-11H,1-2H3. The summed E-state index contributed by atoms with van der Waals surface area (Å²) < 4.78 is 0.863. The molecular weight excluding hydrogens is 288 g/mol. The van der Waals surface area contributed by atoms with Crippen LogP contribution in [0.15, 0.2) is 53.0 Å². The van der Waals surface area contributed by atoms with E-state index in [1.165, 1.54) is 5.56 Å². The van der Waals surface area contributed by atoms with Crippen molar-refractivity contribution in [3.63, 3.8) is 0 Å². The zero-order valence-corrected chi connectivity index (χ0v) is 12.1. The topological polar surface area (TPSA) is 17.1 Å². The molecule has 0 heterocycles. The van der Waals surface area contributed by atoms with Gasteiger partial charge in [0.1, 0.15) is 0 Å². The highest BCUT2D eigenvalue weighted by molar-refractivity contribution is 9.10. The van der Waals surface area contributed by atoms with Gasteiger partial charge < -0.3 is 0 Å². The Bertz CT molecular complexity index is 559. The lowest BCUT2D eigenvalue weighted by atomic mass is 9.98. The van der Waals surface area contributed by atoms with Crippen LogP contribution in [0.25, 0.3) is 0 Å². The van der Waals surface area contributed by atoms with Gasteiger partial charge in [0, 0.05) is 15.6 Å². The lowest BCUT2D eigenvalue weighted by Crippen LogP contribution is -2.02. The molecule has 0 aliphatic rings. The highest BCUT2D eigenvalue weighted by Crippen LogP contribution is 2.25. The second-order valence-electron chi connectivity index (χ2n) is 4.59. The van der Waals surface area contributed by atoms with Crippen LogP contribution >= 0.6 is 15.9 Å². The van der Waals surface area contributed by atoms with Crippen LogP contribution in [0.2, 0.25) is 0 Å². The van der Waals surface area contributed by atoms with E-state index in [4.69, 9.17) is 0 Å². The first-order valence-electron chi connectivity index (χ1n) is 5.99. The molecule has 92 valence electrons. The molecule has 0 aromatic heterocycles. The van der Waals surface area contributed by atoms with E-state index < -0.39 is 0 Å². The average Bonchev–Trinajstić information content (AvgIpc) is 2.38. The molecule has 0 saturated carbocycles. The SMILES string of the molecule is CC(C)c1ccc(C(=O)c2ccccc2)c(Br)c1. The minimum Gasteiger partial charge on any atom is -0.289 e. The van der Waals surface area contributed by atoms with Crippen molar-refractivity contribution in [2.45, 2.75) is 19.8 Å². The fourth-order valence-electron chi connectivity index (χ4n) is 1.82. The van der Waals surface area contributed by atoms with Gasteiger partial charge in [0.2, 0.25) is 0 Å². The number of halogens is 1. The van der Waals surface area contributed by atoms with Crippen molar-refractivity contribution in [1.82, 2.24) is 0 Å². The van der Waals surface area contributed by atoms with Gasteiger partial charge in [-0.15, -0.1) is 0 Å². The molecule has 2 heteroatoms. The van der Waals surface area contributed by atoms with Crippen molar-refractivity contribution < 1.29 is 4.79 Å². The molecule has 0 saturated heterocycles. The first-order valence-corrected chi connectivity index (χ1v) is 6.78. The van der Waals surface area contributed by atoms with E-state index in [2.05, 4.69) is 29.8 Å². The molecule has 2 aromatic carbocycles. The summed E-state index contributed by atoms with van der Waals surface area (Å²) in [6.07, 6.45) is 0. The molecule has 0 fully saturated rings. The largest absolute Gasteiger partial charge is 0.289 e. The monoisotopic (exact) mass is 302 g/mol. The van der Waals surface area contributed by atoms with Gasteiger partial charge >= 0.3 is 0 Å². The summed E-state index contributed by atoms with van der Waals surface area (Å²) in [5.41, 5.74) is 2.66. The lowest BCUT2D eigenvalue weighted by Gasteiger charge is -2.09. The van der Waals surface area contributed by atoms with E-state index >= 15 is 0 Å². The van der Waals surface area contributed by atoms with Crippen molar-refractivity contribution in [2.24, 2.45) is 0 Å². The molecule has 1 nitrogen and oxygen atoms in total. The summed E-state index contributed by atoms with van der Waals surface area (Å²) in [5, 5.41) is 0.